The number of ether oxygens (including phenoxy) is 2. The third kappa shape index (κ3) is 3.94. The van der Waals surface area contributed by atoms with Gasteiger partial charge in [-0.15, -0.1) is 0 Å². The minimum absolute atomic E-state index is 0.355. The van der Waals surface area contributed by atoms with Gasteiger partial charge in [-0.05, 0) is 84.0 Å². The fourth-order valence-electron chi connectivity index (χ4n) is 7.09. The molecule has 0 heterocycles. The topological polar surface area (TPSA) is 55.8 Å². The lowest BCUT2D eigenvalue weighted by molar-refractivity contribution is -0.323. The van der Waals surface area contributed by atoms with Gasteiger partial charge in [0, 0.05) is 11.0 Å². The number of hydrogen-bond donors (Lipinski definition) is 1. The SMILES string of the molecule is C=C(C)C(=O)OC12CC3CC(C1)CC(C(CC)(CC)OC(C)C(C)(O)C(F)(F)F)(C3)C2. The highest BCUT2D eigenvalue weighted by atomic mass is 19.4. The highest BCUT2D eigenvalue weighted by molar-refractivity contribution is 5.87. The Hall–Kier alpha value is -1.08. The van der Waals surface area contributed by atoms with E-state index in [2.05, 4.69) is 6.58 Å². The summed E-state index contributed by atoms with van der Waals surface area (Å²) in [6.07, 6.45) is -0.183. The summed E-state index contributed by atoms with van der Waals surface area (Å²) in [5, 5.41) is 10.3. The first-order valence-corrected chi connectivity index (χ1v) is 11.5. The van der Waals surface area contributed by atoms with Crippen molar-refractivity contribution in [1.29, 1.82) is 0 Å². The van der Waals surface area contributed by atoms with Gasteiger partial charge >= 0.3 is 12.1 Å². The highest BCUT2D eigenvalue weighted by Crippen LogP contribution is 2.68. The lowest BCUT2D eigenvalue weighted by Crippen LogP contribution is -2.66. The molecule has 0 aromatic rings. The summed E-state index contributed by atoms with van der Waals surface area (Å²) in [5.74, 6) is 0.322. The van der Waals surface area contributed by atoms with Crippen LogP contribution in [0.3, 0.4) is 0 Å². The molecule has 0 amide bonds. The molecule has 1 N–H and O–H groups in total. The number of carbonyl (C=O) groups excluding carboxylic acids is 1. The molecule has 0 aliphatic heterocycles. The second-order valence-corrected chi connectivity index (χ2v) is 10.7. The smallest absolute Gasteiger partial charge is 0.419 e. The molecule has 4 aliphatic rings. The maximum absolute atomic E-state index is 13.5. The van der Waals surface area contributed by atoms with Crippen LogP contribution in [0.25, 0.3) is 0 Å². The Kier molecular flexibility index (Phi) is 6.14. The van der Waals surface area contributed by atoms with E-state index in [4.69, 9.17) is 9.47 Å². The maximum atomic E-state index is 13.5. The number of esters is 1. The zero-order chi connectivity index (χ0) is 23.5. The molecule has 31 heavy (non-hydrogen) atoms. The quantitative estimate of drug-likeness (QED) is 0.383. The van der Waals surface area contributed by atoms with Crippen molar-refractivity contribution in [3.05, 3.63) is 12.2 Å². The molecule has 7 heteroatoms. The van der Waals surface area contributed by atoms with Crippen molar-refractivity contribution in [2.24, 2.45) is 17.3 Å². The van der Waals surface area contributed by atoms with Crippen LogP contribution in [0.1, 0.15) is 86.0 Å². The van der Waals surface area contributed by atoms with Crippen LogP contribution in [0, 0.1) is 17.3 Å². The zero-order valence-corrected chi connectivity index (χ0v) is 19.4. The monoisotopic (exact) mass is 446 g/mol. The number of hydrogen-bond acceptors (Lipinski definition) is 4. The summed E-state index contributed by atoms with van der Waals surface area (Å²) in [6.45, 7) is 11.3. The van der Waals surface area contributed by atoms with Crippen LogP contribution in [0.5, 0.6) is 0 Å². The lowest BCUT2D eigenvalue weighted by Gasteiger charge is -2.66. The fraction of sp³-hybridized carbons (Fsp3) is 0.875. The first-order valence-electron chi connectivity index (χ1n) is 11.5. The molecule has 0 aromatic heterocycles. The van der Waals surface area contributed by atoms with E-state index >= 15 is 0 Å². The Morgan fingerprint density at radius 2 is 1.68 bits per heavy atom. The summed E-state index contributed by atoms with van der Waals surface area (Å²) in [4.78, 5) is 12.4. The second kappa shape index (κ2) is 7.75. The van der Waals surface area contributed by atoms with E-state index in [0.717, 1.165) is 39.0 Å². The standard InChI is InChI=1S/C24H37F3O4/c1-7-23(8-2,30-16(5)20(6,29)24(25,26)27)21-10-17-9-18(11-21)13-22(12-17,14-21)31-19(28)15(3)4/h16-18,29H,3,7-14H2,1-2,4-6H3. The second-order valence-electron chi connectivity index (χ2n) is 10.7. The number of carbonyl (C=O) groups is 1. The molecule has 4 bridgehead atoms. The molecule has 4 fully saturated rings. The largest absolute Gasteiger partial charge is 0.456 e. The van der Waals surface area contributed by atoms with Crippen molar-refractivity contribution in [3.8, 4) is 0 Å². The predicted octanol–water partition coefficient (Wildman–Crippen LogP) is 5.72. The zero-order valence-electron chi connectivity index (χ0n) is 19.4. The number of halogens is 3. The van der Waals surface area contributed by atoms with Gasteiger partial charge in [0.25, 0.3) is 0 Å². The van der Waals surface area contributed by atoms with Gasteiger partial charge in [-0.25, -0.2) is 4.79 Å². The molecule has 0 spiro atoms. The molecule has 4 aliphatic carbocycles. The number of aliphatic hydroxyl groups is 1. The predicted molar refractivity (Wildman–Crippen MR) is 111 cm³/mol. The normalized spacial score (nSPS) is 35.5. The van der Waals surface area contributed by atoms with E-state index in [1.54, 1.807) is 6.92 Å². The Morgan fingerprint density at radius 3 is 2.10 bits per heavy atom. The van der Waals surface area contributed by atoms with Crippen molar-refractivity contribution < 1.29 is 32.5 Å². The minimum atomic E-state index is -4.79. The molecule has 0 radical (unpaired) electrons. The van der Waals surface area contributed by atoms with Crippen LogP contribution in [0.4, 0.5) is 13.2 Å². The number of rotatable bonds is 8. The van der Waals surface area contributed by atoms with Gasteiger partial charge < -0.3 is 14.6 Å². The van der Waals surface area contributed by atoms with Crippen molar-refractivity contribution in [1.82, 2.24) is 0 Å². The van der Waals surface area contributed by atoms with E-state index < -0.39 is 35.1 Å². The van der Waals surface area contributed by atoms with Gasteiger partial charge in [0.05, 0.1) is 11.7 Å². The minimum Gasteiger partial charge on any atom is -0.456 e. The Labute approximate surface area is 183 Å². The molecule has 4 saturated carbocycles. The third-order valence-corrected chi connectivity index (χ3v) is 8.54. The van der Waals surface area contributed by atoms with Crippen LogP contribution in [0.2, 0.25) is 0 Å². The Balaban J connectivity index is 1.97. The molecule has 0 saturated heterocycles. The average Bonchev–Trinajstić information content (AvgIpc) is 2.63. The molecule has 4 nitrogen and oxygen atoms in total. The van der Waals surface area contributed by atoms with Crippen LogP contribution in [0.15, 0.2) is 12.2 Å². The van der Waals surface area contributed by atoms with Gasteiger partial charge in [0.2, 0.25) is 0 Å². The van der Waals surface area contributed by atoms with Crippen LogP contribution in [-0.4, -0.2) is 40.2 Å². The van der Waals surface area contributed by atoms with E-state index in [1.165, 1.54) is 6.92 Å². The van der Waals surface area contributed by atoms with Gasteiger partial charge in [-0.1, -0.05) is 20.4 Å². The van der Waals surface area contributed by atoms with Crippen molar-refractivity contribution in [2.75, 3.05) is 0 Å². The van der Waals surface area contributed by atoms with Gasteiger partial charge in [-0.2, -0.15) is 13.2 Å². The molecular weight excluding hydrogens is 409 g/mol. The van der Waals surface area contributed by atoms with Crippen LogP contribution in [-0.2, 0) is 14.3 Å². The van der Waals surface area contributed by atoms with Crippen molar-refractivity contribution >= 4 is 5.97 Å². The first-order chi connectivity index (χ1) is 14.1. The Morgan fingerprint density at radius 1 is 1.16 bits per heavy atom. The van der Waals surface area contributed by atoms with E-state index in [0.29, 0.717) is 36.7 Å². The van der Waals surface area contributed by atoms with Gasteiger partial charge in [0.15, 0.2) is 5.60 Å². The van der Waals surface area contributed by atoms with E-state index in [9.17, 15) is 23.1 Å². The van der Waals surface area contributed by atoms with Crippen molar-refractivity contribution in [2.45, 2.75) is 115 Å². The summed E-state index contributed by atoms with van der Waals surface area (Å²) < 4.78 is 52.8. The number of alkyl halides is 3. The first kappa shape index (κ1) is 24.6. The van der Waals surface area contributed by atoms with Gasteiger partial charge in [-0.3, -0.25) is 0 Å². The van der Waals surface area contributed by atoms with Crippen LogP contribution >= 0.6 is 0 Å². The molecule has 4 atom stereocenters. The molecule has 4 unspecified atom stereocenters. The summed E-state index contributed by atoms with van der Waals surface area (Å²) in [5.41, 5.74) is -4.41. The third-order valence-electron chi connectivity index (χ3n) is 8.54. The summed E-state index contributed by atoms with van der Waals surface area (Å²) in [6, 6.07) is 0. The van der Waals surface area contributed by atoms with Crippen LogP contribution < -0.4 is 0 Å². The summed E-state index contributed by atoms with van der Waals surface area (Å²) >= 11 is 0. The highest BCUT2D eigenvalue weighted by Gasteiger charge is 2.67. The van der Waals surface area contributed by atoms with E-state index in [-0.39, 0.29) is 5.41 Å². The van der Waals surface area contributed by atoms with Crippen molar-refractivity contribution in [3.63, 3.8) is 0 Å². The average molecular weight is 447 g/mol. The maximum Gasteiger partial charge on any atom is 0.419 e. The van der Waals surface area contributed by atoms with E-state index in [1.807, 2.05) is 13.8 Å². The Bertz CT molecular complexity index is 709. The summed E-state index contributed by atoms with van der Waals surface area (Å²) in [7, 11) is 0. The molecule has 4 rings (SSSR count). The molecule has 0 aromatic carbocycles. The lowest BCUT2D eigenvalue weighted by atomic mass is 9.43. The van der Waals surface area contributed by atoms with Gasteiger partial charge in [0.1, 0.15) is 5.60 Å². The molecule has 178 valence electrons. The molecular formula is C24H37F3O4. The fourth-order valence-corrected chi connectivity index (χ4v) is 7.09.